The molecule has 4 atom stereocenters. The van der Waals surface area contributed by atoms with E-state index < -0.39 is 36.3 Å². The highest BCUT2D eigenvalue weighted by Crippen LogP contribution is 2.41. The molecule has 192 valence electrons. The first kappa shape index (κ1) is 26.5. The van der Waals surface area contributed by atoms with Crippen molar-refractivity contribution in [3.8, 4) is 12.3 Å². The average Bonchev–Trinajstić information content (AvgIpc) is 3.41. The summed E-state index contributed by atoms with van der Waals surface area (Å²) in [6.45, 7) is 7.31. The topological polar surface area (TPSA) is 130 Å². The largest absolute Gasteiger partial charge is 0.461 e. The zero-order valence-corrected chi connectivity index (χ0v) is 20.6. The van der Waals surface area contributed by atoms with Crippen LogP contribution in [-0.4, -0.2) is 52.1 Å². The molecule has 11 heteroatoms. The third-order valence-electron chi connectivity index (χ3n) is 6.71. The number of terminal acetylenes is 1. The molecule has 0 aromatic carbocycles. The van der Waals surface area contributed by atoms with Crippen LogP contribution in [0, 0.1) is 24.2 Å². The lowest BCUT2D eigenvalue weighted by Crippen LogP contribution is -2.46. The van der Waals surface area contributed by atoms with Crippen LogP contribution in [0.5, 0.6) is 0 Å². The van der Waals surface area contributed by atoms with Gasteiger partial charge in [-0.05, 0) is 25.7 Å². The SMILES string of the molecule is C#C[C@]1(COC(=O)C(CC)CC)O[C@@H](n2cnc3c2NC(F)N=C3N)C[C@@H]1OC(=O)C(CC)CC. The van der Waals surface area contributed by atoms with E-state index in [0.29, 0.717) is 25.7 Å². The number of carbonyl (C=O) groups is 2. The van der Waals surface area contributed by atoms with Crippen molar-refractivity contribution in [3.63, 3.8) is 0 Å². The highest BCUT2D eigenvalue weighted by Gasteiger charge is 2.53. The summed E-state index contributed by atoms with van der Waals surface area (Å²) in [5.41, 5.74) is 4.55. The van der Waals surface area contributed by atoms with Gasteiger partial charge in [0, 0.05) is 6.42 Å². The Hall–Kier alpha value is -3.13. The van der Waals surface area contributed by atoms with Crippen LogP contribution in [0.4, 0.5) is 10.2 Å². The summed E-state index contributed by atoms with van der Waals surface area (Å²) < 4.78 is 33.2. The number of esters is 2. The van der Waals surface area contributed by atoms with Gasteiger partial charge >= 0.3 is 11.9 Å². The molecule has 1 aromatic heterocycles. The van der Waals surface area contributed by atoms with Gasteiger partial charge < -0.3 is 25.3 Å². The van der Waals surface area contributed by atoms with Crippen molar-refractivity contribution in [2.75, 3.05) is 11.9 Å². The maximum atomic E-state index is 14.0. The lowest BCUT2D eigenvalue weighted by molar-refractivity contribution is -0.171. The molecular formula is C24H34FN5O5. The van der Waals surface area contributed by atoms with Crippen LogP contribution in [0.25, 0.3) is 0 Å². The number of halogens is 1. The Kier molecular flexibility index (Phi) is 8.38. The number of aromatic nitrogens is 2. The van der Waals surface area contributed by atoms with Crippen molar-refractivity contribution in [1.29, 1.82) is 0 Å². The van der Waals surface area contributed by atoms with Gasteiger partial charge in [0.2, 0.25) is 5.60 Å². The van der Waals surface area contributed by atoms with E-state index in [2.05, 4.69) is 21.2 Å². The first-order chi connectivity index (χ1) is 16.7. The molecule has 2 aliphatic heterocycles. The molecule has 35 heavy (non-hydrogen) atoms. The number of imidazole rings is 1. The molecule has 0 spiro atoms. The van der Waals surface area contributed by atoms with Crippen LogP contribution in [0.3, 0.4) is 0 Å². The predicted octanol–water partition coefficient (Wildman–Crippen LogP) is 2.89. The Bertz CT molecular complexity index is 997. The van der Waals surface area contributed by atoms with Crippen LogP contribution < -0.4 is 11.1 Å². The van der Waals surface area contributed by atoms with Gasteiger partial charge in [-0.25, -0.2) is 9.98 Å². The van der Waals surface area contributed by atoms with Crippen molar-refractivity contribution < 1.29 is 28.2 Å². The minimum absolute atomic E-state index is 0.0537. The van der Waals surface area contributed by atoms with E-state index in [1.54, 1.807) is 0 Å². The van der Waals surface area contributed by atoms with E-state index in [0.717, 1.165) is 0 Å². The molecule has 3 rings (SSSR count). The molecule has 3 heterocycles. The van der Waals surface area contributed by atoms with Crippen molar-refractivity contribution in [1.82, 2.24) is 9.55 Å². The summed E-state index contributed by atoms with van der Waals surface area (Å²) in [7, 11) is 0. The number of nitrogens with two attached hydrogens (primary N) is 1. The highest BCUT2D eigenvalue weighted by molar-refractivity contribution is 6.01. The van der Waals surface area contributed by atoms with Gasteiger partial charge in [0.15, 0.2) is 5.84 Å². The number of nitrogens with one attached hydrogen (secondary N) is 1. The fourth-order valence-corrected chi connectivity index (χ4v) is 4.36. The number of amidine groups is 1. The van der Waals surface area contributed by atoms with Crippen LogP contribution in [0.1, 0.15) is 71.7 Å². The third-order valence-corrected chi connectivity index (χ3v) is 6.71. The summed E-state index contributed by atoms with van der Waals surface area (Å²) in [6, 6.07) is 0. The van der Waals surface area contributed by atoms with E-state index in [4.69, 9.17) is 26.4 Å². The van der Waals surface area contributed by atoms with Crippen molar-refractivity contribution >= 4 is 23.6 Å². The maximum Gasteiger partial charge on any atom is 0.309 e. The Morgan fingerprint density at radius 1 is 1.29 bits per heavy atom. The Morgan fingerprint density at radius 3 is 2.51 bits per heavy atom. The zero-order valence-electron chi connectivity index (χ0n) is 20.6. The first-order valence-electron chi connectivity index (χ1n) is 12.1. The summed E-state index contributed by atoms with van der Waals surface area (Å²) >= 11 is 0. The normalized spacial score (nSPS) is 25.5. The van der Waals surface area contributed by atoms with Crippen LogP contribution >= 0.6 is 0 Å². The Labute approximate surface area is 204 Å². The molecule has 0 aliphatic carbocycles. The molecule has 10 nitrogen and oxygen atoms in total. The molecule has 0 radical (unpaired) electrons. The van der Waals surface area contributed by atoms with E-state index in [1.807, 2.05) is 27.7 Å². The van der Waals surface area contributed by atoms with Gasteiger partial charge in [-0.15, -0.1) is 6.42 Å². The summed E-state index contributed by atoms with van der Waals surface area (Å²) in [6.07, 6.45) is 6.46. The lowest BCUT2D eigenvalue weighted by atomic mass is 9.97. The van der Waals surface area contributed by atoms with Crippen molar-refractivity contribution in [3.05, 3.63) is 12.0 Å². The number of rotatable bonds is 10. The molecule has 0 amide bonds. The van der Waals surface area contributed by atoms with Crippen molar-refractivity contribution in [2.24, 2.45) is 22.6 Å². The quantitative estimate of drug-likeness (QED) is 0.290. The number of anilines is 1. The molecule has 2 aliphatic rings. The highest BCUT2D eigenvalue weighted by atomic mass is 19.1. The summed E-state index contributed by atoms with van der Waals surface area (Å²) in [4.78, 5) is 33.3. The fourth-order valence-electron chi connectivity index (χ4n) is 4.36. The summed E-state index contributed by atoms with van der Waals surface area (Å²) in [5.74, 6) is 1.41. The number of hydrogen-bond donors (Lipinski definition) is 2. The van der Waals surface area contributed by atoms with Crippen LogP contribution in [0.15, 0.2) is 11.3 Å². The van der Waals surface area contributed by atoms with Gasteiger partial charge in [-0.3, -0.25) is 14.2 Å². The monoisotopic (exact) mass is 491 g/mol. The number of fused-ring (bicyclic) bond motifs is 1. The predicted molar refractivity (Wildman–Crippen MR) is 127 cm³/mol. The van der Waals surface area contributed by atoms with Crippen LogP contribution in [-0.2, 0) is 23.8 Å². The molecule has 0 saturated carbocycles. The minimum atomic E-state index is -1.75. The molecule has 1 saturated heterocycles. The first-order valence-corrected chi connectivity index (χ1v) is 12.1. The number of ether oxygens (including phenoxy) is 3. The fraction of sp³-hybridized carbons (Fsp3) is 0.667. The number of hydrogen-bond acceptors (Lipinski definition) is 9. The zero-order chi connectivity index (χ0) is 25.8. The standard InChI is InChI=1S/C24H34FN5O5/c1-6-14(7-2)21(31)33-12-24(10-5)16(34-22(32)15(8-3)9-4)11-17(35-24)30-13-27-18-19(26)28-23(25)29-20(18)30/h5,13-17,23,29H,6-9,11-12H2,1-4H3,(H2,26,28)/t16-,17+,23?,24+/m0/s1. The van der Waals surface area contributed by atoms with E-state index >= 15 is 0 Å². The Balaban J connectivity index is 1.91. The molecule has 0 bridgehead atoms. The molecular weight excluding hydrogens is 457 g/mol. The van der Waals surface area contributed by atoms with Gasteiger partial charge in [-0.1, -0.05) is 33.6 Å². The van der Waals surface area contributed by atoms with Gasteiger partial charge in [0.1, 0.15) is 30.5 Å². The number of alkyl halides is 1. The average molecular weight is 492 g/mol. The van der Waals surface area contributed by atoms with E-state index in [9.17, 15) is 14.0 Å². The van der Waals surface area contributed by atoms with Crippen molar-refractivity contribution in [2.45, 2.75) is 84.2 Å². The lowest BCUT2D eigenvalue weighted by Gasteiger charge is -2.30. The number of nitrogens with zero attached hydrogens (tertiary/aromatic N) is 3. The Morgan fingerprint density at radius 2 is 1.91 bits per heavy atom. The van der Waals surface area contributed by atoms with Gasteiger partial charge in [0.05, 0.1) is 18.2 Å². The summed E-state index contributed by atoms with van der Waals surface area (Å²) in [5, 5.41) is 2.58. The maximum absolute atomic E-state index is 14.0. The molecule has 3 N–H and O–H groups in total. The van der Waals surface area contributed by atoms with Gasteiger partial charge in [-0.2, -0.15) is 4.39 Å². The van der Waals surface area contributed by atoms with E-state index in [1.165, 1.54) is 10.9 Å². The molecule has 1 fully saturated rings. The minimum Gasteiger partial charge on any atom is -0.461 e. The number of carbonyl (C=O) groups excluding carboxylic acids is 2. The molecule has 1 aromatic rings. The second-order valence-electron chi connectivity index (χ2n) is 8.75. The second kappa shape index (κ2) is 11.1. The molecule has 1 unspecified atom stereocenters. The second-order valence-corrected chi connectivity index (χ2v) is 8.75. The number of aliphatic imine (C=N–C) groups is 1. The smallest absolute Gasteiger partial charge is 0.309 e. The van der Waals surface area contributed by atoms with E-state index in [-0.39, 0.29) is 42.2 Å². The van der Waals surface area contributed by atoms with Gasteiger partial charge in [0.25, 0.3) is 6.42 Å². The van der Waals surface area contributed by atoms with Crippen LogP contribution in [0.2, 0.25) is 0 Å². The third kappa shape index (κ3) is 5.27.